The minimum absolute atomic E-state index is 0.314. The number of amides is 1. The topological polar surface area (TPSA) is 84.9 Å². The van der Waals surface area contributed by atoms with Gasteiger partial charge < -0.3 is 14.8 Å². The van der Waals surface area contributed by atoms with Crippen molar-refractivity contribution in [1.82, 2.24) is 5.32 Å². The van der Waals surface area contributed by atoms with Crippen LogP contribution >= 0.6 is 0 Å². The maximum atomic E-state index is 12.4. The number of anilines is 1. The number of hydrogen-bond donors (Lipinski definition) is 1. The minimum atomic E-state index is -3.66. The van der Waals surface area contributed by atoms with Crippen LogP contribution in [0.25, 0.3) is 0 Å². The Hall–Kier alpha value is -2.74. The number of sulfonamides is 1. The van der Waals surface area contributed by atoms with Crippen LogP contribution in [-0.4, -0.2) is 47.4 Å². The molecule has 2 rings (SSSR count). The molecule has 0 aliphatic carbocycles. The van der Waals surface area contributed by atoms with E-state index in [4.69, 9.17) is 9.47 Å². The van der Waals surface area contributed by atoms with E-state index < -0.39 is 10.0 Å². The standard InChI is InChI=1S/C20H26N2O5S/c1-4-27-19-8-6-5-7-18(19)22(28(3,24)25)15-20(23)21-14-13-16-9-11-17(26-2)12-10-16/h5-12H,4,13-15H2,1-3H3,(H,21,23). The molecule has 0 spiro atoms. The Labute approximate surface area is 166 Å². The molecule has 0 radical (unpaired) electrons. The fraction of sp³-hybridized carbons (Fsp3) is 0.350. The van der Waals surface area contributed by atoms with Gasteiger partial charge in [0.25, 0.3) is 0 Å². The summed E-state index contributed by atoms with van der Waals surface area (Å²) in [5, 5.41) is 2.77. The van der Waals surface area contributed by atoms with Gasteiger partial charge in [0.15, 0.2) is 0 Å². The molecule has 0 fully saturated rings. The molecular formula is C20H26N2O5S. The Balaban J connectivity index is 2.01. The minimum Gasteiger partial charge on any atom is -0.497 e. The average molecular weight is 407 g/mol. The largest absolute Gasteiger partial charge is 0.497 e. The van der Waals surface area contributed by atoms with Crippen LogP contribution in [0.1, 0.15) is 12.5 Å². The number of para-hydroxylation sites is 2. The molecule has 0 saturated heterocycles. The van der Waals surface area contributed by atoms with Crippen molar-refractivity contribution >= 4 is 21.6 Å². The number of nitrogens with zero attached hydrogens (tertiary/aromatic N) is 1. The summed E-state index contributed by atoms with van der Waals surface area (Å²) >= 11 is 0. The molecule has 0 saturated carbocycles. The molecule has 8 heteroatoms. The Bertz CT molecular complexity index is 882. The van der Waals surface area contributed by atoms with Crippen molar-refractivity contribution in [3.8, 4) is 11.5 Å². The molecule has 0 aromatic heterocycles. The van der Waals surface area contributed by atoms with Crippen molar-refractivity contribution in [2.75, 3.05) is 37.4 Å². The summed E-state index contributed by atoms with van der Waals surface area (Å²) in [5.41, 5.74) is 1.39. The third-order valence-electron chi connectivity index (χ3n) is 4.02. The highest BCUT2D eigenvalue weighted by molar-refractivity contribution is 7.92. The van der Waals surface area contributed by atoms with Gasteiger partial charge in [0.05, 0.1) is 25.7 Å². The molecule has 0 bridgehead atoms. The van der Waals surface area contributed by atoms with E-state index in [-0.39, 0.29) is 12.5 Å². The first-order valence-electron chi connectivity index (χ1n) is 8.94. The van der Waals surface area contributed by atoms with Crippen LogP contribution < -0.4 is 19.1 Å². The van der Waals surface area contributed by atoms with Crippen LogP contribution in [0.4, 0.5) is 5.69 Å². The highest BCUT2D eigenvalue weighted by Gasteiger charge is 2.23. The van der Waals surface area contributed by atoms with Gasteiger partial charge >= 0.3 is 0 Å². The molecule has 1 amide bonds. The Kier molecular flexibility index (Phi) is 7.69. The smallest absolute Gasteiger partial charge is 0.240 e. The Morgan fingerprint density at radius 1 is 1.11 bits per heavy atom. The van der Waals surface area contributed by atoms with Gasteiger partial charge in [-0.3, -0.25) is 9.10 Å². The summed E-state index contributed by atoms with van der Waals surface area (Å²) in [6, 6.07) is 14.3. The molecule has 2 aromatic rings. The molecule has 0 aliphatic heterocycles. The van der Waals surface area contributed by atoms with Gasteiger partial charge in [0, 0.05) is 6.54 Å². The first kappa shape index (κ1) is 21.6. The van der Waals surface area contributed by atoms with Crippen molar-refractivity contribution < 1.29 is 22.7 Å². The third-order valence-corrected chi connectivity index (χ3v) is 5.14. The fourth-order valence-electron chi connectivity index (χ4n) is 2.65. The number of hydrogen-bond acceptors (Lipinski definition) is 5. The third kappa shape index (κ3) is 6.16. The van der Waals surface area contributed by atoms with Gasteiger partial charge in [0.2, 0.25) is 15.9 Å². The first-order chi connectivity index (χ1) is 13.3. The molecular weight excluding hydrogens is 380 g/mol. The van der Waals surface area contributed by atoms with Crippen LogP contribution in [-0.2, 0) is 21.2 Å². The predicted octanol–water partition coefficient (Wildman–Crippen LogP) is 2.22. The highest BCUT2D eigenvalue weighted by Crippen LogP contribution is 2.29. The predicted molar refractivity (Wildman–Crippen MR) is 110 cm³/mol. The summed E-state index contributed by atoms with van der Waals surface area (Å²) in [7, 11) is -2.06. The number of carbonyl (C=O) groups is 1. The maximum Gasteiger partial charge on any atom is 0.240 e. The average Bonchev–Trinajstić information content (AvgIpc) is 2.67. The zero-order valence-electron chi connectivity index (χ0n) is 16.3. The molecule has 28 heavy (non-hydrogen) atoms. The summed E-state index contributed by atoms with van der Waals surface area (Å²) in [4.78, 5) is 12.4. The fourth-order valence-corrected chi connectivity index (χ4v) is 3.51. The highest BCUT2D eigenvalue weighted by atomic mass is 32.2. The van der Waals surface area contributed by atoms with E-state index in [0.29, 0.717) is 31.0 Å². The second-order valence-corrected chi connectivity index (χ2v) is 8.03. The Morgan fingerprint density at radius 2 is 1.79 bits per heavy atom. The van der Waals surface area contributed by atoms with E-state index in [2.05, 4.69) is 5.32 Å². The van der Waals surface area contributed by atoms with Gasteiger partial charge in [-0.05, 0) is 43.2 Å². The van der Waals surface area contributed by atoms with Crippen LogP contribution in [0.2, 0.25) is 0 Å². The van der Waals surface area contributed by atoms with Gasteiger partial charge in [-0.25, -0.2) is 8.42 Å². The summed E-state index contributed by atoms with van der Waals surface area (Å²) in [6.45, 7) is 2.29. The SMILES string of the molecule is CCOc1ccccc1N(CC(=O)NCCc1ccc(OC)cc1)S(C)(=O)=O. The van der Waals surface area contributed by atoms with Gasteiger partial charge in [-0.1, -0.05) is 24.3 Å². The van der Waals surface area contributed by atoms with E-state index in [0.717, 1.165) is 21.9 Å². The molecule has 0 aliphatic rings. The number of carbonyl (C=O) groups excluding carboxylic acids is 1. The molecule has 0 heterocycles. The lowest BCUT2D eigenvalue weighted by molar-refractivity contribution is -0.119. The van der Waals surface area contributed by atoms with Crippen LogP contribution in [0.15, 0.2) is 48.5 Å². The van der Waals surface area contributed by atoms with Crippen LogP contribution in [0.5, 0.6) is 11.5 Å². The van der Waals surface area contributed by atoms with Crippen molar-refractivity contribution in [2.24, 2.45) is 0 Å². The first-order valence-corrected chi connectivity index (χ1v) is 10.8. The lowest BCUT2D eigenvalue weighted by Gasteiger charge is -2.24. The molecule has 2 aromatic carbocycles. The zero-order chi connectivity index (χ0) is 20.6. The van der Waals surface area contributed by atoms with Crippen molar-refractivity contribution in [2.45, 2.75) is 13.3 Å². The monoisotopic (exact) mass is 406 g/mol. The zero-order valence-corrected chi connectivity index (χ0v) is 17.2. The van der Waals surface area contributed by atoms with E-state index in [1.54, 1.807) is 31.4 Å². The van der Waals surface area contributed by atoms with E-state index in [1.807, 2.05) is 31.2 Å². The van der Waals surface area contributed by atoms with Gasteiger partial charge in [-0.15, -0.1) is 0 Å². The summed E-state index contributed by atoms with van der Waals surface area (Å²) in [6.07, 6.45) is 1.70. The number of nitrogens with one attached hydrogen (secondary N) is 1. The van der Waals surface area contributed by atoms with Crippen LogP contribution in [0.3, 0.4) is 0 Å². The molecule has 7 nitrogen and oxygen atoms in total. The summed E-state index contributed by atoms with van der Waals surface area (Å²) < 4.78 is 36.2. The van der Waals surface area contributed by atoms with Crippen LogP contribution in [0, 0.1) is 0 Å². The number of ether oxygens (including phenoxy) is 2. The second kappa shape index (κ2) is 9.98. The number of methoxy groups -OCH3 is 1. The van der Waals surface area contributed by atoms with E-state index in [1.165, 1.54) is 0 Å². The molecule has 0 atom stereocenters. The van der Waals surface area contributed by atoms with Crippen molar-refractivity contribution in [1.29, 1.82) is 0 Å². The summed E-state index contributed by atoms with van der Waals surface area (Å²) in [5.74, 6) is 0.802. The lowest BCUT2D eigenvalue weighted by atomic mass is 10.1. The molecule has 1 N–H and O–H groups in total. The van der Waals surface area contributed by atoms with E-state index in [9.17, 15) is 13.2 Å². The van der Waals surface area contributed by atoms with Crippen molar-refractivity contribution in [3.63, 3.8) is 0 Å². The Morgan fingerprint density at radius 3 is 2.39 bits per heavy atom. The lowest BCUT2D eigenvalue weighted by Crippen LogP contribution is -2.41. The number of rotatable bonds is 10. The number of benzene rings is 2. The van der Waals surface area contributed by atoms with E-state index >= 15 is 0 Å². The quantitative estimate of drug-likeness (QED) is 0.654. The maximum absolute atomic E-state index is 12.4. The van der Waals surface area contributed by atoms with Gasteiger partial charge in [-0.2, -0.15) is 0 Å². The normalized spacial score (nSPS) is 11.0. The second-order valence-electron chi connectivity index (χ2n) is 6.12. The van der Waals surface area contributed by atoms with Crippen molar-refractivity contribution in [3.05, 3.63) is 54.1 Å². The van der Waals surface area contributed by atoms with Gasteiger partial charge in [0.1, 0.15) is 18.0 Å². The molecule has 0 unspecified atom stereocenters. The molecule has 152 valence electrons.